The van der Waals surface area contributed by atoms with Crippen molar-refractivity contribution in [1.29, 1.82) is 10.8 Å². The van der Waals surface area contributed by atoms with Gasteiger partial charge in [-0.1, -0.05) is 73.4 Å². The van der Waals surface area contributed by atoms with Gasteiger partial charge in [-0.3, -0.25) is 5.41 Å². The topological polar surface area (TPSA) is 99.7 Å². The Kier molecular flexibility index (Phi) is 15.4. The van der Waals surface area contributed by atoms with Gasteiger partial charge in [-0.15, -0.1) is 0 Å². The van der Waals surface area contributed by atoms with Gasteiger partial charge in [0.15, 0.2) is 0 Å². The first-order valence-electron chi connectivity index (χ1n) is 9.63. The van der Waals surface area contributed by atoms with E-state index in [9.17, 15) is 0 Å². The molecule has 0 aliphatic carbocycles. The SMILES string of the molecule is CN.Cc1cccc(CCCCCCCc2cccc(C=N)c2)c1.N=CN. The lowest BCUT2D eigenvalue weighted by molar-refractivity contribution is 0.613. The van der Waals surface area contributed by atoms with Crippen LogP contribution in [0.1, 0.15) is 54.4 Å². The number of hydrogen-bond donors (Lipinski definition) is 4. The lowest BCUT2D eigenvalue weighted by atomic mass is 10.0. The van der Waals surface area contributed by atoms with E-state index >= 15 is 0 Å². The van der Waals surface area contributed by atoms with E-state index in [0.29, 0.717) is 0 Å². The smallest absolute Gasteiger partial charge is 0.0765 e. The van der Waals surface area contributed by atoms with E-state index in [2.05, 4.69) is 60.9 Å². The minimum absolute atomic E-state index is 0.750. The van der Waals surface area contributed by atoms with Gasteiger partial charge in [-0.2, -0.15) is 0 Å². The molecule has 4 nitrogen and oxygen atoms in total. The molecule has 2 aromatic carbocycles. The molecule has 0 saturated carbocycles. The molecule has 0 aliphatic heterocycles. The summed E-state index contributed by atoms with van der Waals surface area (Å²) in [4.78, 5) is 0. The molecule has 6 N–H and O–H groups in total. The molecule has 0 heterocycles. The summed E-state index contributed by atoms with van der Waals surface area (Å²) < 4.78 is 0. The first-order valence-corrected chi connectivity index (χ1v) is 9.63. The first-order chi connectivity index (χ1) is 13.2. The molecule has 0 aliphatic rings. The summed E-state index contributed by atoms with van der Waals surface area (Å²) in [6.07, 6.45) is 11.0. The Morgan fingerprint density at radius 3 is 1.78 bits per heavy atom. The van der Waals surface area contributed by atoms with Gasteiger partial charge in [0.1, 0.15) is 0 Å². The maximum absolute atomic E-state index is 7.29. The fourth-order valence-corrected chi connectivity index (χ4v) is 2.89. The van der Waals surface area contributed by atoms with Gasteiger partial charge in [0, 0.05) is 6.21 Å². The van der Waals surface area contributed by atoms with Crippen molar-refractivity contribution in [2.45, 2.75) is 51.9 Å². The number of nitrogens with one attached hydrogen (secondary N) is 2. The first kappa shape index (κ1) is 24.5. The Morgan fingerprint density at radius 1 is 0.778 bits per heavy atom. The van der Waals surface area contributed by atoms with Gasteiger partial charge in [0.05, 0.1) is 6.34 Å². The van der Waals surface area contributed by atoms with Crippen LogP contribution in [0, 0.1) is 17.7 Å². The standard InChI is InChI=1S/C21H27N.CH4N2.CH5N/c1-18-9-7-12-19(15-18)10-5-3-2-4-6-11-20-13-8-14-21(16-20)17-22;2-1-3;1-2/h7-9,12-17,22H,2-6,10-11H2,1H3;1H,(H3,2,3);2H2,1H3. The van der Waals surface area contributed by atoms with Crippen LogP contribution in [0.2, 0.25) is 0 Å². The highest BCUT2D eigenvalue weighted by atomic mass is 14.6. The molecule has 27 heavy (non-hydrogen) atoms. The average Bonchev–Trinajstić information content (AvgIpc) is 2.69. The molecule has 0 saturated heterocycles. The second kappa shape index (κ2) is 17.0. The molecule has 0 unspecified atom stereocenters. The molecule has 0 aromatic heterocycles. The minimum Gasteiger partial charge on any atom is -0.390 e. The Morgan fingerprint density at radius 2 is 1.26 bits per heavy atom. The van der Waals surface area contributed by atoms with E-state index in [0.717, 1.165) is 18.3 Å². The summed E-state index contributed by atoms with van der Waals surface area (Å²) >= 11 is 0. The Hall–Kier alpha value is -2.46. The predicted molar refractivity (Wildman–Crippen MR) is 119 cm³/mol. The maximum atomic E-state index is 7.29. The van der Waals surface area contributed by atoms with Crippen LogP contribution >= 0.6 is 0 Å². The van der Waals surface area contributed by atoms with Crippen molar-refractivity contribution in [2.24, 2.45) is 11.5 Å². The van der Waals surface area contributed by atoms with E-state index in [1.54, 1.807) is 0 Å². The number of aryl methyl sites for hydroxylation is 3. The molecule has 0 atom stereocenters. The van der Waals surface area contributed by atoms with Gasteiger partial charge in [0.2, 0.25) is 0 Å². The van der Waals surface area contributed by atoms with Crippen LogP contribution in [-0.4, -0.2) is 19.6 Å². The van der Waals surface area contributed by atoms with Crippen LogP contribution in [0.25, 0.3) is 0 Å². The molecule has 2 rings (SSSR count). The predicted octanol–water partition coefficient (Wildman–Crippen LogP) is 4.86. The summed E-state index contributed by atoms with van der Waals surface area (Å²) in [7, 11) is 1.50. The van der Waals surface area contributed by atoms with Crippen molar-refractivity contribution in [1.82, 2.24) is 0 Å². The molecule has 4 heteroatoms. The molecule has 0 fully saturated rings. The molecule has 0 spiro atoms. The van der Waals surface area contributed by atoms with E-state index < -0.39 is 0 Å². The quantitative estimate of drug-likeness (QED) is 0.289. The number of rotatable bonds is 9. The number of unbranched alkanes of at least 4 members (excludes halogenated alkanes) is 4. The monoisotopic (exact) mass is 368 g/mol. The number of benzene rings is 2. The van der Waals surface area contributed by atoms with Crippen LogP contribution in [0.3, 0.4) is 0 Å². The maximum Gasteiger partial charge on any atom is 0.0765 e. The van der Waals surface area contributed by atoms with Crippen LogP contribution in [0.15, 0.2) is 48.5 Å². The zero-order valence-corrected chi connectivity index (χ0v) is 16.9. The normalized spacial score (nSPS) is 9.30. The average molecular weight is 369 g/mol. The van der Waals surface area contributed by atoms with Crippen molar-refractivity contribution >= 4 is 12.6 Å². The van der Waals surface area contributed by atoms with Crippen LogP contribution < -0.4 is 11.5 Å². The Bertz CT molecular complexity index is 638. The van der Waals surface area contributed by atoms with E-state index in [-0.39, 0.29) is 0 Å². The van der Waals surface area contributed by atoms with E-state index in [1.165, 1.54) is 68.5 Å². The highest BCUT2D eigenvalue weighted by Crippen LogP contribution is 2.13. The third kappa shape index (κ3) is 12.5. The zero-order chi connectivity index (χ0) is 20.3. The fourth-order valence-electron chi connectivity index (χ4n) is 2.89. The Balaban J connectivity index is 0.00000123. The molecular formula is C23H36N4. The van der Waals surface area contributed by atoms with Gasteiger partial charge in [0.25, 0.3) is 0 Å². The summed E-state index contributed by atoms with van der Waals surface area (Å²) in [5, 5.41) is 13.1. The highest BCUT2D eigenvalue weighted by Gasteiger charge is 1.97. The third-order valence-electron chi connectivity index (χ3n) is 4.13. The summed E-state index contributed by atoms with van der Waals surface area (Å²) in [5.41, 5.74) is 14.1. The lowest BCUT2D eigenvalue weighted by Crippen LogP contribution is -1.90. The number of hydrogen-bond acceptors (Lipinski definition) is 3. The van der Waals surface area contributed by atoms with Crippen molar-refractivity contribution in [2.75, 3.05) is 7.05 Å². The van der Waals surface area contributed by atoms with Crippen molar-refractivity contribution < 1.29 is 0 Å². The molecule has 0 bridgehead atoms. The van der Waals surface area contributed by atoms with E-state index in [1.807, 2.05) is 6.07 Å². The summed E-state index contributed by atoms with van der Waals surface area (Å²) in [6.45, 7) is 2.16. The summed E-state index contributed by atoms with van der Waals surface area (Å²) in [6, 6.07) is 17.2. The largest absolute Gasteiger partial charge is 0.390 e. The fraction of sp³-hybridized carbons (Fsp3) is 0.391. The van der Waals surface area contributed by atoms with Crippen LogP contribution in [0.5, 0.6) is 0 Å². The molecule has 148 valence electrons. The molecule has 0 amide bonds. The van der Waals surface area contributed by atoms with Crippen molar-refractivity contribution in [3.8, 4) is 0 Å². The lowest BCUT2D eigenvalue weighted by Gasteiger charge is -2.04. The molecule has 2 aromatic rings. The van der Waals surface area contributed by atoms with Gasteiger partial charge >= 0.3 is 0 Å². The number of nitrogens with two attached hydrogens (primary N) is 2. The zero-order valence-electron chi connectivity index (χ0n) is 16.9. The van der Waals surface area contributed by atoms with Crippen molar-refractivity contribution in [3.63, 3.8) is 0 Å². The van der Waals surface area contributed by atoms with Gasteiger partial charge < -0.3 is 16.9 Å². The Labute approximate surface area is 165 Å². The van der Waals surface area contributed by atoms with Crippen LogP contribution in [0.4, 0.5) is 0 Å². The summed E-state index contributed by atoms with van der Waals surface area (Å²) in [5.74, 6) is 0. The van der Waals surface area contributed by atoms with Crippen LogP contribution in [-0.2, 0) is 12.8 Å². The van der Waals surface area contributed by atoms with Gasteiger partial charge in [-0.05, 0) is 56.3 Å². The second-order valence-electron chi connectivity index (χ2n) is 6.31. The molecule has 0 radical (unpaired) electrons. The molecular weight excluding hydrogens is 332 g/mol. The highest BCUT2D eigenvalue weighted by molar-refractivity contribution is 5.77. The second-order valence-corrected chi connectivity index (χ2v) is 6.31. The minimum atomic E-state index is 0.750. The van der Waals surface area contributed by atoms with Crippen molar-refractivity contribution in [3.05, 3.63) is 70.8 Å². The van der Waals surface area contributed by atoms with Gasteiger partial charge in [-0.25, -0.2) is 0 Å². The third-order valence-corrected chi connectivity index (χ3v) is 4.13. The van der Waals surface area contributed by atoms with E-state index in [4.69, 9.17) is 10.8 Å².